The molecule has 2 aromatic rings. The number of fused-ring (bicyclic) bond motifs is 1. The van der Waals surface area contributed by atoms with Gasteiger partial charge in [0.15, 0.2) is 5.17 Å². The number of halogens is 2. The van der Waals surface area contributed by atoms with Crippen molar-refractivity contribution in [2.45, 2.75) is 39.3 Å². The summed E-state index contributed by atoms with van der Waals surface area (Å²) in [6.45, 7) is 6.48. The average molecular weight is 475 g/mol. The van der Waals surface area contributed by atoms with Crippen LogP contribution in [0.15, 0.2) is 64.1 Å². The van der Waals surface area contributed by atoms with E-state index in [1.54, 1.807) is 0 Å². The molecule has 0 N–H and O–H groups in total. The van der Waals surface area contributed by atoms with Crippen LogP contribution in [-0.4, -0.2) is 22.6 Å². The highest BCUT2D eigenvalue weighted by Crippen LogP contribution is 2.53. The minimum absolute atomic E-state index is 0.0818. The number of thioether (sulfide) groups is 1. The van der Waals surface area contributed by atoms with Gasteiger partial charge in [0.1, 0.15) is 10.9 Å². The van der Waals surface area contributed by atoms with Gasteiger partial charge in [0, 0.05) is 15.7 Å². The number of rotatable bonds is 6. The second kappa shape index (κ2) is 9.27. The molecule has 7 heteroatoms. The van der Waals surface area contributed by atoms with Crippen molar-refractivity contribution in [2.24, 2.45) is 10.9 Å². The first-order valence-corrected chi connectivity index (χ1v) is 11.9. The molecule has 2 aromatic carbocycles. The highest BCUT2D eigenvalue weighted by molar-refractivity contribution is 8.18. The molecule has 2 atom stereocenters. The number of aliphatic imine (C=N–C) groups is 1. The van der Waals surface area contributed by atoms with Gasteiger partial charge in [-0.2, -0.15) is 0 Å². The minimum Gasteiger partial charge on any atom is -0.462 e. The van der Waals surface area contributed by atoms with Gasteiger partial charge < -0.3 is 9.64 Å². The van der Waals surface area contributed by atoms with Gasteiger partial charge in [-0.05, 0) is 66.4 Å². The summed E-state index contributed by atoms with van der Waals surface area (Å²) < 4.78 is 5.35. The van der Waals surface area contributed by atoms with Crippen LogP contribution < -0.4 is 0 Å². The Morgan fingerprint density at radius 1 is 1.06 bits per heavy atom. The summed E-state index contributed by atoms with van der Waals surface area (Å²) in [5.41, 5.74) is 3.15. The van der Waals surface area contributed by atoms with Gasteiger partial charge in [-0.15, -0.1) is 0 Å². The Bertz CT molecular complexity index is 1030. The molecule has 4 nitrogen and oxygen atoms in total. The Hall–Kier alpha value is -1.95. The molecule has 0 radical (unpaired) electrons. The molecule has 2 aliphatic rings. The van der Waals surface area contributed by atoms with Gasteiger partial charge in [-0.25, -0.2) is 4.79 Å². The lowest BCUT2D eigenvalue weighted by Crippen LogP contribution is -2.28. The number of nitrogens with zero attached hydrogens (tertiary/aromatic N) is 2. The van der Waals surface area contributed by atoms with Crippen LogP contribution in [0.2, 0.25) is 10.0 Å². The van der Waals surface area contributed by atoms with Gasteiger partial charge in [0.2, 0.25) is 0 Å². The van der Waals surface area contributed by atoms with Crippen molar-refractivity contribution < 1.29 is 9.53 Å². The van der Waals surface area contributed by atoms with E-state index < -0.39 is 0 Å². The van der Waals surface area contributed by atoms with E-state index in [4.69, 9.17) is 32.9 Å². The maximum atomic E-state index is 12.7. The number of allylic oxidation sites excluding steroid dienone is 1. The number of hydrogen-bond acceptors (Lipinski definition) is 5. The lowest BCUT2D eigenvalue weighted by molar-refractivity contribution is -0.137. The van der Waals surface area contributed by atoms with Crippen molar-refractivity contribution >= 4 is 46.1 Å². The van der Waals surface area contributed by atoms with Crippen molar-refractivity contribution in [3.63, 3.8) is 0 Å². The summed E-state index contributed by atoms with van der Waals surface area (Å²) >= 11 is 13.7. The fourth-order valence-corrected chi connectivity index (χ4v) is 5.34. The number of benzene rings is 2. The van der Waals surface area contributed by atoms with Crippen LogP contribution in [0.1, 0.15) is 50.4 Å². The normalized spacial score (nSPS) is 20.3. The third-order valence-corrected chi connectivity index (χ3v) is 6.86. The van der Waals surface area contributed by atoms with Crippen LogP contribution >= 0.6 is 35.0 Å². The smallest absolute Gasteiger partial charge is 0.346 e. The first-order valence-electron chi connectivity index (χ1n) is 10.3. The number of hydrogen-bond donors (Lipinski definition) is 0. The van der Waals surface area contributed by atoms with E-state index in [0.717, 1.165) is 28.4 Å². The third-order valence-electron chi connectivity index (χ3n) is 5.26. The molecule has 0 amide bonds. The van der Waals surface area contributed by atoms with E-state index in [1.807, 2.05) is 55.5 Å². The molecule has 0 saturated heterocycles. The molecule has 2 heterocycles. The van der Waals surface area contributed by atoms with E-state index in [0.29, 0.717) is 27.5 Å². The van der Waals surface area contributed by atoms with Crippen LogP contribution in [0.5, 0.6) is 0 Å². The summed E-state index contributed by atoms with van der Waals surface area (Å²) in [5, 5.41) is 2.21. The van der Waals surface area contributed by atoms with Crippen LogP contribution in [0.25, 0.3) is 0 Å². The Labute approximate surface area is 197 Å². The summed E-state index contributed by atoms with van der Waals surface area (Å²) in [5.74, 6) is 0.0953. The molecular formula is C24H24Cl2N2O2S. The molecule has 0 aliphatic carbocycles. The van der Waals surface area contributed by atoms with Crippen LogP contribution in [0.3, 0.4) is 0 Å². The first kappa shape index (κ1) is 22.3. The molecule has 162 valence electrons. The highest BCUT2D eigenvalue weighted by atomic mass is 35.5. The van der Waals surface area contributed by atoms with Gasteiger partial charge in [-0.1, -0.05) is 61.3 Å². The Morgan fingerprint density at radius 2 is 1.65 bits per heavy atom. The van der Waals surface area contributed by atoms with Crippen molar-refractivity contribution in [2.75, 3.05) is 6.61 Å². The number of ether oxygens (including phenoxy) is 1. The number of esters is 1. The SMILES string of the molecule is CCOC(=O)C1=C(CC(C)C)N2C(=NC(c3ccc(Cl)cc3)C2c2ccc(Cl)cc2)S1. The second-order valence-corrected chi connectivity index (χ2v) is 9.82. The Morgan fingerprint density at radius 3 is 2.19 bits per heavy atom. The van der Waals surface area contributed by atoms with Gasteiger partial charge >= 0.3 is 5.97 Å². The van der Waals surface area contributed by atoms with E-state index in [-0.39, 0.29) is 18.1 Å². The summed E-state index contributed by atoms with van der Waals surface area (Å²) in [6, 6.07) is 15.5. The zero-order valence-electron chi connectivity index (χ0n) is 17.6. The van der Waals surface area contributed by atoms with Crippen molar-refractivity contribution in [3.8, 4) is 0 Å². The second-order valence-electron chi connectivity index (χ2n) is 7.97. The topological polar surface area (TPSA) is 41.9 Å². The molecule has 2 aliphatic heterocycles. The van der Waals surface area contributed by atoms with E-state index in [1.165, 1.54) is 11.8 Å². The average Bonchev–Trinajstić information content (AvgIpc) is 3.26. The number of amidine groups is 1. The van der Waals surface area contributed by atoms with E-state index >= 15 is 0 Å². The lowest BCUT2D eigenvalue weighted by atomic mass is 9.92. The lowest BCUT2D eigenvalue weighted by Gasteiger charge is -2.30. The quantitative estimate of drug-likeness (QED) is 0.421. The zero-order valence-corrected chi connectivity index (χ0v) is 20.0. The van der Waals surface area contributed by atoms with E-state index in [2.05, 4.69) is 18.7 Å². The van der Waals surface area contributed by atoms with Crippen LogP contribution in [0.4, 0.5) is 0 Å². The predicted octanol–water partition coefficient (Wildman–Crippen LogP) is 7.02. The van der Waals surface area contributed by atoms with Gasteiger partial charge in [0.05, 0.1) is 12.6 Å². The van der Waals surface area contributed by atoms with Crippen LogP contribution in [-0.2, 0) is 9.53 Å². The summed E-state index contributed by atoms with van der Waals surface area (Å²) in [6.07, 6.45) is 0.762. The third kappa shape index (κ3) is 4.50. The minimum atomic E-state index is -0.279. The summed E-state index contributed by atoms with van der Waals surface area (Å²) in [4.78, 5) is 20.7. The molecule has 0 aromatic heterocycles. The zero-order chi connectivity index (χ0) is 22.1. The molecule has 31 heavy (non-hydrogen) atoms. The van der Waals surface area contributed by atoms with E-state index in [9.17, 15) is 4.79 Å². The first-order chi connectivity index (χ1) is 14.9. The highest BCUT2D eigenvalue weighted by Gasteiger charge is 2.46. The maximum absolute atomic E-state index is 12.7. The Balaban J connectivity index is 1.82. The molecule has 4 rings (SSSR count). The molecule has 0 bridgehead atoms. The summed E-state index contributed by atoms with van der Waals surface area (Å²) in [7, 11) is 0. The molecule has 0 fully saturated rings. The largest absolute Gasteiger partial charge is 0.462 e. The maximum Gasteiger partial charge on any atom is 0.346 e. The fraction of sp³-hybridized carbons (Fsp3) is 0.333. The van der Waals surface area contributed by atoms with Crippen LogP contribution in [0, 0.1) is 5.92 Å². The molecule has 0 saturated carbocycles. The van der Waals surface area contributed by atoms with Crippen molar-refractivity contribution in [3.05, 3.63) is 80.3 Å². The standard InChI is InChI=1S/C24H24Cl2N2O2S/c1-4-30-23(29)22-19(13-14(2)3)28-21(16-7-11-18(26)12-8-16)20(27-24(28)31-22)15-5-9-17(25)10-6-15/h5-12,14,20-21H,4,13H2,1-3H3. The molecular weight excluding hydrogens is 451 g/mol. The molecule has 0 spiro atoms. The fourth-order valence-electron chi connectivity index (χ4n) is 3.97. The van der Waals surface area contributed by atoms with Crippen molar-refractivity contribution in [1.29, 1.82) is 0 Å². The number of carbonyl (C=O) groups excluding carboxylic acids is 1. The molecule has 2 unspecified atom stereocenters. The Kier molecular flexibility index (Phi) is 6.65. The van der Waals surface area contributed by atoms with Gasteiger partial charge in [0.25, 0.3) is 0 Å². The van der Waals surface area contributed by atoms with Crippen molar-refractivity contribution in [1.82, 2.24) is 4.90 Å². The number of carbonyl (C=O) groups is 1. The predicted molar refractivity (Wildman–Crippen MR) is 128 cm³/mol. The van der Waals surface area contributed by atoms with Gasteiger partial charge in [-0.3, -0.25) is 4.99 Å². The monoisotopic (exact) mass is 474 g/mol.